The first-order chi connectivity index (χ1) is 5.70. The van der Waals surface area contributed by atoms with Crippen molar-refractivity contribution >= 4 is 5.78 Å². The second-order valence-electron chi connectivity index (χ2n) is 3.96. The predicted octanol–water partition coefficient (Wildman–Crippen LogP) is 1.87. The van der Waals surface area contributed by atoms with Crippen LogP contribution in [-0.2, 0) is 4.79 Å². The van der Waals surface area contributed by atoms with Crippen molar-refractivity contribution < 1.29 is 4.79 Å². The minimum Gasteiger partial charge on any atom is -0.322 e. The molecule has 0 spiro atoms. The van der Waals surface area contributed by atoms with Crippen molar-refractivity contribution in [2.24, 2.45) is 11.7 Å². The van der Waals surface area contributed by atoms with Crippen LogP contribution in [0, 0.1) is 5.92 Å². The van der Waals surface area contributed by atoms with Gasteiger partial charge in [0.25, 0.3) is 0 Å². The predicted molar refractivity (Wildman–Crippen MR) is 49.8 cm³/mol. The largest absolute Gasteiger partial charge is 0.322 e. The van der Waals surface area contributed by atoms with Crippen molar-refractivity contribution in [2.45, 2.75) is 51.5 Å². The number of hydrogen-bond donors (Lipinski definition) is 1. The van der Waals surface area contributed by atoms with E-state index in [0.29, 0.717) is 0 Å². The number of carbonyl (C=O) groups is 1. The highest BCUT2D eigenvalue weighted by atomic mass is 16.1. The quantitative estimate of drug-likeness (QED) is 0.701. The molecule has 0 unspecified atom stereocenters. The third-order valence-electron chi connectivity index (χ3n) is 2.83. The molecule has 1 aliphatic rings. The average molecular weight is 169 g/mol. The van der Waals surface area contributed by atoms with Crippen molar-refractivity contribution in [1.29, 1.82) is 0 Å². The maximum absolute atomic E-state index is 10.9. The minimum atomic E-state index is -0.201. The summed E-state index contributed by atoms with van der Waals surface area (Å²) in [6.45, 7) is 1.59. The summed E-state index contributed by atoms with van der Waals surface area (Å²) < 4.78 is 0. The Hall–Kier alpha value is -0.370. The van der Waals surface area contributed by atoms with Crippen molar-refractivity contribution in [3.8, 4) is 0 Å². The van der Waals surface area contributed by atoms with Gasteiger partial charge in [0, 0.05) is 0 Å². The summed E-state index contributed by atoms with van der Waals surface area (Å²) in [7, 11) is 0. The van der Waals surface area contributed by atoms with Gasteiger partial charge in [0.05, 0.1) is 6.04 Å². The molecule has 0 saturated heterocycles. The van der Waals surface area contributed by atoms with Crippen LogP contribution in [0.15, 0.2) is 0 Å². The van der Waals surface area contributed by atoms with E-state index in [0.717, 1.165) is 12.3 Å². The Morgan fingerprint density at radius 3 is 2.50 bits per heavy atom. The van der Waals surface area contributed by atoms with Gasteiger partial charge in [-0.1, -0.05) is 32.1 Å². The van der Waals surface area contributed by atoms with Crippen LogP contribution < -0.4 is 5.73 Å². The van der Waals surface area contributed by atoms with E-state index in [9.17, 15) is 4.79 Å². The molecule has 0 aromatic carbocycles. The molecule has 1 fully saturated rings. The van der Waals surface area contributed by atoms with Gasteiger partial charge in [0.15, 0.2) is 0 Å². The Morgan fingerprint density at radius 1 is 1.42 bits per heavy atom. The molecule has 1 aliphatic carbocycles. The fraction of sp³-hybridized carbons (Fsp3) is 0.900. The number of hydrogen-bond acceptors (Lipinski definition) is 2. The van der Waals surface area contributed by atoms with Crippen LogP contribution in [0.3, 0.4) is 0 Å². The number of nitrogens with two attached hydrogens (primary N) is 1. The zero-order chi connectivity index (χ0) is 8.97. The van der Waals surface area contributed by atoms with Crippen LogP contribution in [0.2, 0.25) is 0 Å². The van der Waals surface area contributed by atoms with Gasteiger partial charge in [-0.05, 0) is 19.3 Å². The molecule has 2 heteroatoms. The zero-order valence-electron chi connectivity index (χ0n) is 7.88. The Bertz CT molecular complexity index is 150. The molecule has 2 nitrogen and oxygen atoms in total. The lowest BCUT2D eigenvalue weighted by Gasteiger charge is -2.23. The molecule has 1 saturated carbocycles. The van der Waals surface area contributed by atoms with E-state index in [1.54, 1.807) is 6.92 Å². The first kappa shape index (κ1) is 9.72. The Labute approximate surface area is 74.5 Å². The Kier molecular flexibility index (Phi) is 3.73. The van der Waals surface area contributed by atoms with Gasteiger partial charge in [-0.2, -0.15) is 0 Å². The monoisotopic (exact) mass is 169 g/mol. The number of carbonyl (C=O) groups excluding carboxylic acids is 1. The lowest BCUT2D eigenvalue weighted by atomic mass is 9.84. The second kappa shape index (κ2) is 4.61. The molecule has 1 rings (SSSR count). The van der Waals surface area contributed by atoms with E-state index >= 15 is 0 Å². The molecule has 70 valence electrons. The highest BCUT2D eigenvalue weighted by Crippen LogP contribution is 2.26. The molecule has 12 heavy (non-hydrogen) atoms. The van der Waals surface area contributed by atoms with Crippen LogP contribution in [-0.4, -0.2) is 11.8 Å². The van der Waals surface area contributed by atoms with Crippen LogP contribution >= 0.6 is 0 Å². The summed E-state index contributed by atoms with van der Waals surface area (Å²) in [5.41, 5.74) is 5.70. The standard InChI is InChI=1S/C10H19NO/c1-8(12)10(11)7-9-5-3-2-4-6-9/h9-10H,2-7,11H2,1H3/t10-/m1/s1. The first-order valence-electron chi connectivity index (χ1n) is 4.96. The summed E-state index contributed by atoms with van der Waals surface area (Å²) in [5, 5.41) is 0. The van der Waals surface area contributed by atoms with Gasteiger partial charge in [0.1, 0.15) is 5.78 Å². The zero-order valence-corrected chi connectivity index (χ0v) is 7.88. The van der Waals surface area contributed by atoms with E-state index in [1.807, 2.05) is 0 Å². The summed E-state index contributed by atoms with van der Waals surface area (Å²) in [4.78, 5) is 10.9. The van der Waals surface area contributed by atoms with E-state index in [-0.39, 0.29) is 11.8 Å². The van der Waals surface area contributed by atoms with Crippen LogP contribution in [0.25, 0.3) is 0 Å². The highest BCUT2D eigenvalue weighted by Gasteiger charge is 2.18. The maximum Gasteiger partial charge on any atom is 0.146 e. The Balaban J connectivity index is 2.24. The molecular formula is C10H19NO. The maximum atomic E-state index is 10.9. The van der Waals surface area contributed by atoms with E-state index in [1.165, 1.54) is 32.1 Å². The third kappa shape index (κ3) is 2.94. The van der Waals surface area contributed by atoms with Gasteiger partial charge < -0.3 is 5.73 Å². The smallest absolute Gasteiger partial charge is 0.146 e. The third-order valence-corrected chi connectivity index (χ3v) is 2.83. The van der Waals surface area contributed by atoms with Crippen molar-refractivity contribution in [2.75, 3.05) is 0 Å². The van der Waals surface area contributed by atoms with Crippen LogP contribution in [0.1, 0.15) is 45.4 Å². The average Bonchev–Trinajstić information content (AvgIpc) is 2.06. The van der Waals surface area contributed by atoms with Gasteiger partial charge in [-0.3, -0.25) is 4.79 Å². The van der Waals surface area contributed by atoms with Gasteiger partial charge in [-0.25, -0.2) is 0 Å². The van der Waals surface area contributed by atoms with E-state index in [4.69, 9.17) is 5.73 Å². The van der Waals surface area contributed by atoms with E-state index in [2.05, 4.69) is 0 Å². The SMILES string of the molecule is CC(=O)[C@H](N)CC1CCCCC1. The molecule has 0 amide bonds. The van der Waals surface area contributed by atoms with Crippen molar-refractivity contribution in [1.82, 2.24) is 0 Å². The van der Waals surface area contributed by atoms with Gasteiger partial charge in [0.2, 0.25) is 0 Å². The fourth-order valence-electron chi connectivity index (χ4n) is 1.95. The lowest BCUT2D eigenvalue weighted by Crippen LogP contribution is -2.31. The fourth-order valence-corrected chi connectivity index (χ4v) is 1.95. The Morgan fingerprint density at radius 2 is 2.00 bits per heavy atom. The number of Topliss-reactive ketones (excluding diaryl/α,β-unsaturated/α-hetero) is 1. The normalized spacial score (nSPS) is 22.2. The first-order valence-corrected chi connectivity index (χ1v) is 4.96. The molecule has 1 atom stereocenters. The number of rotatable bonds is 3. The van der Waals surface area contributed by atoms with Crippen LogP contribution in [0.4, 0.5) is 0 Å². The topological polar surface area (TPSA) is 43.1 Å². The summed E-state index contributed by atoms with van der Waals surface area (Å²) in [5.74, 6) is 0.859. The van der Waals surface area contributed by atoms with Crippen molar-refractivity contribution in [3.05, 3.63) is 0 Å². The molecule has 0 bridgehead atoms. The summed E-state index contributed by atoms with van der Waals surface area (Å²) in [6.07, 6.45) is 7.49. The molecule has 0 aliphatic heterocycles. The van der Waals surface area contributed by atoms with E-state index < -0.39 is 0 Å². The summed E-state index contributed by atoms with van der Waals surface area (Å²) >= 11 is 0. The minimum absolute atomic E-state index is 0.139. The van der Waals surface area contributed by atoms with Gasteiger partial charge in [-0.15, -0.1) is 0 Å². The summed E-state index contributed by atoms with van der Waals surface area (Å²) in [6, 6.07) is -0.201. The molecule has 0 heterocycles. The molecule has 0 aromatic heterocycles. The van der Waals surface area contributed by atoms with Gasteiger partial charge >= 0.3 is 0 Å². The lowest BCUT2D eigenvalue weighted by molar-refractivity contribution is -0.118. The highest BCUT2D eigenvalue weighted by molar-refractivity contribution is 5.81. The molecule has 0 aromatic rings. The van der Waals surface area contributed by atoms with Crippen molar-refractivity contribution in [3.63, 3.8) is 0 Å². The second-order valence-corrected chi connectivity index (χ2v) is 3.96. The molecular weight excluding hydrogens is 150 g/mol. The number of ketones is 1. The molecule has 0 radical (unpaired) electrons. The van der Waals surface area contributed by atoms with Crippen LogP contribution in [0.5, 0.6) is 0 Å². The molecule has 2 N–H and O–H groups in total.